The fraction of sp³-hybridized carbons (Fsp3) is 0.312. The number of rotatable bonds is 4. The van der Waals surface area contributed by atoms with Crippen LogP contribution in [0.5, 0.6) is 0 Å². The van der Waals surface area contributed by atoms with E-state index in [1.807, 2.05) is 12.1 Å². The Kier molecular flexibility index (Phi) is 4.66. The summed E-state index contributed by atoms with van der Waals surface area (Å²) in [4.78, 5) is 37.7. The molecule has 0 aromatic carbocycles. The second-order valence-corrected chi connectivity index (χ2v) is 6.56. The fourth-order valence-corrected chi connectivity index (χ4v) is 3.17. The zero-order valence-electron chi connectivity index (χ0n) is 12.7. The lowest BCUT2D eigenvalue weighted by molar-refractivity contribution is -0.117. The third-order valence-corrected chi connectivity index (χ3v) is 4.61. The molecule has 0 aliphatic carbocycles. The average molecular weight is 328 g/mol. The van der Waals surface area contributed by atoms with E-state index in [4.69, 9.17) is 0 Å². The molecule has 0 saturated carbocycles. The lowest BCUT2D eigenvalue weighted by Crippen LogP contribution is -2.27. The third kappa shape index (κ3) is 3.73. The summed E-state index contributed by atoms with van der Waals surface area (Å²) in [5, 5.41) is 0.0747. The van der Waals surface area contributed by atoms with Crippen LogP contribution in [0.25, 0.3) is 11.3 Å². The van der Waals surface area contributed by atoms with Crippen molar-refractivity contribution in [1.29, 1.82) is 0 Å². The molecule has 1 aliphatic heterocycles. The minimum atomic E-state index is 0.00230. The Bertz CT molecular complexity index is 723. The van der Waals surface area contributed by atoms with Gasteiger partial charge in [-0.3, -0.25) is 19.5 Å². The first-order valence-corrected chi connectivity index (χ1v) is 8.29. The van der Waals surface area contributed by atoms with Crippen molar-refractivity contribution in [2.24, 2.45) is 5.92 Å². The predicted octanol–water partition coefficient (Wildman–Crippen LogP) is 2.17. The van der Waals surface area contributed by atoms with E-state index in [2.05, 4.69) is 15.0 Å². The first-order valence-electron chi connectivity index (χ1n) is 7.30. The number of aromatic nitrogens is 3. The van der Waals surface area contributed by atoms with Crippen LogP contribution in [0, 0.1) is 5.92 Å². The highest BCUT2D eigenvalue weighted by Gasteiger charge is 2.32. The average Bonchev–Trinajstić information content (AvgIpc) is 2.95. The monoisotopic (exact) mass is 328 g/mol. The van der Waals surface area contributed by atoms with E-state index in [0.29, 0.717) is 24.7 Å². The predicted molar refractivity (Wildman–Crippen MR) is 88.9 cm³/mol. The number of carbonyl (C=O) groups excluding carboxylic acids is 2. The van der Waals surface area contributed by atoms with Crippen molar-refractivity contribution in [3.8, 4) is 11.3 Å². The lowest BCUT2D eigenvalue weighted by Gasteiger charge is -2.15. The second-order valence-electron chi connectivity index (χ2n) is 5.36. The molecule has 7 heteroatoms. The largest absolute Gasteiger partial charge is 0.288 e. The second kappa shape index (κ2) is 6.87. The Balaban J connectivity index is 1.77. The van der Waals surface area contributed by atoms with Crippen LogP contribution in [-0.4, -0.2) is 38.3 Å². The molecular formula is C16H16N4O2S. The van der Waals surface area contributed by atoms with E-state index in [9.17, 15) is 9.59 Å². The van der Waals surface area contributed by atoms with Gasteiger partial charge in [0.15, 0.2) is 5.12 Å². The van der Waals surface area contributed by atoms with E-state index in [1.165, 1.54) is 11.8 Å². The van der Waals surface area contributed by atoms with Crippen molar-refractivity contribution in [2.75, 3.05) is 17.2 Å². The molecule has 118 valence electrons. The minimum absolute atomic E-state index is 0.00230. The fourth-order valence-electron chi connectivity index (χ4n) is 2.48. The van der Waals surface area contributed by atoms with E-state index in [-0.39, 0.29) is 16.9 Å². The van der Waals surface area contributed by atoms with Crippen LogP contribution in [0.15, 0.2) is 36.8 Å². The molecule has 2 aromatic rings. The summed E-state index contributed by atoms with van der Waals surface area (Å²) >= 11 is 1.26. The highest BCUT2D eigenvalue weighted by molar-refractivity contribution is 8.13. The van der Waals surface area contributed by atoms with Gasteiger partial charge in [-0.1, -0.05) is 11.8 Å². The van der Waals surface area contributed by atoms with Gasteiger partial charge in [0, 0.05) is 49.8 Å². The molecule has 2 aromatic heterocycles. The summed E-state index contributed by atoms with van der Waals surface area (Å²) in [7, 11) is 0. The maximum atomic E-state index is 12.2. The van der Waals surface area contributed by atoms with Gasteiger partial charge < -0.3 is 0 Å². The van der Waals surface area contributed by atoms with E-state index in [1.54, 1.807) is 36.5 Å². The molecule has 1 atom stereocenters. The molecule has 1 unspecified atom stereocenters. The van der Waals surface area contributed by atoms with Gasteiger partial charge >= 0.3 is 0 Å². The number of hydrogen-bond donors (Lipinski definition) is 0. The van der Waals surface area contributed by atoms with Gasteiger partial charge in [-0.15, -0.1) is 0 Å². The van der Waals surface area contributed by atoms with Crippen LogP contribution in [0.4, 0.5) is 5.95 Å². The number of pyridine rings is 1. The Hall–Kier alpha value is -2.28. The minimum Gasteiger partial charge on any atom is -0.288 e. The van der Waals surface area contributed by atoms with Crippen molar-refractivity contribution in [3.63, 3.8) is 0 Å². The maximum Gasteiger partial charge on any atom is 0.232 e. The van der Waals surface area contributed by atoms with Crippen LogP contribution in [-0.2, 0) is 9.59 Å². The van der Waals surface area contributed by atoms with E-state index >= 15 is 0 Å². The zero-order valence-corrected chi connectivity index (χ0v) is 13.5. The Labute approximate surface area is 138 Å². The Morgan fingerprint density at radius 2 is 2.26 bits per heavy atom. The van der Waals surface area contributed by atoms with Gasteiger partial charge in [-0.2, -0.15) is 0 Å². The van der Waals surface area contributed by atoms with Gasteiger partial charge in [0.05, 0.1) is 5.69 Å². The number of anilines is 1. The first-order chi connectivity index (χ1) is 11.1. The van der Waals surface area contributed by atoms with Crippen molar-refractivity contribution >= 4 is 28.7 Å². The number of amides is 1. The van der Waals surface area contributed by atoms with Crippen LogP contribution in [0.1, 0.15) is 13.3 Å². The van der Waals surface area contributed by atoms with Crippen LogP contribution >= 0.6 is 11.8 Å². The molecular weight excluding hydrogens is 312 g/mol. The van der Waals surface area contributed by atoms with E-state index < -0.39 is 0 Å². The van der Waals surface area contributed by atoms with Crippen molar-refractivity contribution in [2.45, 2.75) is 13.3 Å². The standard InChI is InChI=1S/C16H16N4O2S/c1-11(21)23-10-12-7-15(22)20(9-12)16-18-6-4-14(19-16)13-3-2-5-17-8-13/h2-6,8,12H,7,9-10H2,1H3. The number of thioether (sulfide) groups is 1. The molecule has 0 spiro atoms. The first kappa shape index (κ1) is 15.6. The zero-order chi connectivity index (χ0) is 16.2. The van der Waals surface area contributed by atoms with Gasteiger partial charge in [0.2, 0.25) is 11.9 Å². The lowest BCUT2D eigenvalue weighted by atomic mass is 10.1. The molecule has 0 radical (unpaired) electrons. The topological polar surface area (TPSA) is 76.1 Å². The van der Waals surface area contributed by atoms with Crippen LogP contribution in [0.2, 0.25) is 0 Å². The summed E-state index contributed by atoms with van der Waals surface area (Å²) in [5.41, 5.74) is 1.61. The Morgan fingerprint density at radius 3 is 3.00 bits per heavy atom. The summed E-state index contributed by atoms with van der Waals surface area (Å²) in [6.45, 7) is 2.09. The smallest absolute Gasteiger partial charge is 0.232 e. The highest BCUT2D eigenvalue weighted by Crippen LogP contribution is 2.26. The maximum absolute atomic E-state index is 12.2. The molecule has 1 amide bonds. The molecule has 23 heavy (non-hydrogen) atoms. The van der Waals surface area contributed by atoms with Gasteiger partial charge in [-0.25, -0.2) is 9.97 Å². The van der Waals surface area contributed by atoms with Gasteiger partial charge in [0.25, 0.3) is 0 Å². The summed E-state index contributed by atoms with van der Waals surface area (Å²) in [6, 6.07) is 5.55. The molecule has 3 heterocycles. The molecule has 3 rings (SSSR count). The van der Waals surface area contributed by atoms with Crippen molar-refractivity contribution in [1.82, 2.24) is 15.0 Å². The molecule has 1 aliphatic rings. The number of carbonyl (C=O) groups is 2. The Morgan fingerprint density at radius 1 is 1.39 bits per heavy atom. The molecule has 1 fully saturated rings. The quantitative estimate of drug-likeness (QED) is 0.856. The summed E-state index contributed by atoms with van der Waals surface area (Å²) in [5.74, 6) is 1.22. The van der Waals surface area contributed by atoms with Crippen LogP contribution in [0.3, 0.4) is 0 Å². The number of nitrogens with zero attached hydrogens (tertiary/aromatic N) is 4. The number of hydrogen-bond acceptors (Lipinski definition) is 6. The highest BCUT2D eigenvalue weighted by atomic mass is 32.2. The molecule has 6 nitrogen and oxygen atoms in total. The summed E-state index contributed by atoms with van der Waals surface area (Å²) in [6.07, 6.45) is 5.51. The molecule has 0 bridgehead atoms. The third-order valence-electron chi connectivity index (χ3n) is 3.57. The SMILES string of the molecule is CC(=O)SCC1CC(=O)N(c2nccc(-c3cccnc3)n2)C1. The molecule has 1 saturated heterocycles. The van der Waals surface area contributed by atoms with Crippen molar-refractivity contribution in [3.05, 3.63) is 36.8 Å². The van der Waals surface area contributed by atoms with Crippen molar-refractivity contribution < 1.29 is 9.59 Å². The van der Waals surface area contributed by atoms with E-state index in [0.717, 1.165) is 11.3 Å². The summed E-state index contributed by atoms with van der Waals surface area (Å²) < 4.78 is 0. The van der Waals surface area contributed by atoms with Gasteiger partial charge in [-0.05, 0) is 24.1 Å². The molecule has 0 N–H and O–H groups in total. The normalized spacial score (nSPS) is 17.5. The van der Waals surface area contributed by atoms with Crippen LogP contribution < -0.4 is 4.90 Å². The van der Waals surface area contributed by atoms with Gasteiger partial charge in [0.1, 0.15) is 0 Å².